The molecule has 1 amide bonds. The van der Waals surface area contributed by atoms with Crippen molar-refractivity contribution in [3.8, 4) is 0 Å². The van der Waals surface area contributed by atoms with Crippen LogP contribution in [0, 0.1) is 0 Å². The van der Waals surface area contributed by atoms with Gasteiger partial charge >= 0.3 is 0 Å². The number of hydrogen-bond donors (Lipinski definition) is 2. The molecule has 1 aromatic heterocycles. The highest BCUT2D eigenvalue weighted by molar-refractivity contribution is 5.98. The average Bonchev–Trinajstić information content (AvgIpc) is 3.02. The lowest BCUT2D eigenvalue weighted by atomic mass is 9.86. The number of allylic oxidation sites excluding steroid dienone is 2. The zero-order valence-corrected chi connectivity index (χ0v) is 11.3. The van der Waals surface area contributed by atoms with Crippen LogP contribution in [-0.2, 0) is 10.4 Å². The lowest BCUT2D eigenvalue weighted by molar-refractivity contribution is -0.133. The standard InChI is InChI=1S/C16H15NO3/c1-3-12-13(4-2)17-15(18)16(12,19)11-5-6-14-10(9-11)7-8-20-14/h3-9,19H,1-2H3,(H,17,18)/b12-3+,13-4+. The maximum absolute atomic E-state index is 12.2. The van der Waals surface area contributed by atoms with Gasteiger partial charge < -0.3 is 14.8 Å². The summed E-state index contributed by atoms with van der Waals surface area (Å²) in [4.78, 5) is 12.2. The molecule has 102 valence electrons. The number of amides is 1. The SMILES string of the molecule is C/C=C1/NC(=O)C(O)(c2ccc3occc3c2)/C1=C/C. The molecule has 1 aromatic carbocycles. The van der Waals surface area contributed by atoms with Crippen LogP contribution in [0.3, 0.4) is 0 Å². The first-order valence-electron chi connectivity index (χ1n) is 6.46. The van der Waals surface area contributed by atoms with Crippen LogP contribution < -0.4 is 5.32 Å². The molecule has 1 saturated heterocycles. The molecule has 3 rings (SSSR count). The van der Waals surface area contributed by atoms with Crippen molar-refractivity contribution in [2.45, 2.75) is 19.4 Å². The summed E-state index contributed by atoms with van der Waals surface area (Å²) in [7, 11) is 0. The van der Waals surface area contributed by atoms with Gasteiger partial charge in [0.05, 0.1) is 6.26 Å². The molecule has 20 heavy (non-hydrogen) atoms. The van der Waals surface area contributed by atoms with Gasteiger partial charge in [-0.1, -0.05) is 18.2 Å². The van der Waals surface area contributed by atoms with Gasteiger partial charge in [0, 0.05) is 16.7 Å². The summed E-state index contributed by atoms with van der Waals surface area (Å²) < 4.78 is 5.28. The van der Waals surface area contributed by atoms with E-state index in [4.69, 9.17) is 4.42 Å². The Morgan fingerprint density at radius 2 is 2.05 bits per heavy atom. The molecule has 1 aliphatic heterocycles. The molecule has 0 saturated carbocycles. The Bertz CT molecular complexity index is 754. The molecule has 0 aliphatic carbocycles. The smallest absolute Gasteiger partial charge is 0.265 e. The minimum atomic E-state index is -1.65. The quantitative estimate of drug-likeness (QED) is 0.836. The van der Waals surface area contributed by atoms with Gasteiger partial charge in [-0.15, -0.1) is 0 Å². The lowest BCUT2D eigenvalue weighted by Gasteiger charge is -2.21. The van der Waals surface area contributed by atoms with Gasteiger partial charge in [0.25, 0.3) is 5.91 Å². The Morgan fingerprint density at radius 1 is 1.25 bits per heavy atom. The molecular formula is C16H15NO3. The first kappa shape index (κ1) is 12.7. The molecule has 1 atom stereocenters. The second-order valence-corrected chi connectivity index (χ2v) is 4.74. The van der Waals surface area contributed by atoms with E-state index in [1.165, 1.54) is 0 Å². The van der Waals surface area contributed by atoms with Crippen LogP contribution in [0.25, 0.3) is 11.0 Å². The van der Waals surface area contributed by atoms with Crippen molar-refractivity contribution in [3.05, 3.63) is 59.5 Å². The van der Waals surface area contributed by atoms with E-state index in [1.54, 1.807) is 49.6 Å². The summed E-state index contributed by atoms with van der Waals surface area (Å²) in [5.41, 5.74) is 0.834. The number of carbonyl (C=O) groups excluding carboxylic acids is 1. The maximum Gasteiger partial charge on any atom is 0.265 e. The third-order valence-corrected chi connectivity index (χ3v) is 3.70. The number of fused-ring (bicyclic) bond motifs is 1. The second kappa shape index (κ2) is 4.35. The van der Waals surface area contributed by atoms with Crippen molar-refractivity contribution in [2.75, 3.05) is 0 Å². The fourth-order valence-corrected chi connectivity index (χ4v) is 2.67. The van der Waals surface area contributed by atoms with E-state index >= 15 is 0 Å². The van der Waals surface area contributed by atoms with Crippen molar-refractivity contribution in [1.29, 1.82) is 0 Å². The second-order valence-electron chi connectivity index (χ2n) is 4.74. The molecule has 0 spiro atoms. The van der Waals surface area contributed by atoms with Crippen molar-refractivity contribution in [2.24, 2.45) is 0 Å². The van der Waals surface area contributed by atoms with E-state index in [0.717, 1.165) is 11.0 Å². The van der Waals surface area contributed by atoms with Gasteiger partial charge in [-0.25, -0.2) is 0 Å². The number of hydrogen-bond acceptors (Lipinski definition) is 3. The zero-order chi connectivity index (χ0) is 14.3. The summed E-state index contributed by atoms with van der Waals surface area (Å²) >= 11 is 0. The van der Waals surface area contributed by atoms with Gasteiger partial charge in [-0.2, -0.15) is 0 Å². The normalized spacial score (nSPS) is 26.6. The van der Waals surface area contributed by atoms with Crippen molar-refractivity contribution in [3.63, 3.8) is 0 Å². The van der Waals surface area contributed by atoms with E-state index in [-0.39, 0.29) is 0 Å². The first-order valence-corrected chi connectivity index (χ1v) is 6.46. The van der Waals surface area contributed by atoms with Crippen molar-refractivity contribution >= 4 is 16.9 Å². The van der Waals surface area contributed by atoms with Crippen molar-refractivity contribution < 1.29 is 14.3 Å². The van der Waals surface area contributed by atoms with Crippen LogP contribution in [0.15, 0.2) is 58.4 Å². The topological polar surface area (TPSA) is 62.5 Å². The van der Waals surface area contributed by atoms with Gasteiger partial charge in [-0.3, -0.25) is 4.79 Å². The molecule has 0 radical (unpaired) electrons. The van der Waals surface area contributed by atoms with Gasteiger partial charge in [0.15, 0.2) is 5.60 Å². The molecular weight excluding hydrogens is 254 g/mol. The average molecular weight is 269 g/mol. The lowest BCUT2D eigenvalue weighted by Crippen LogP contribution is -2.36. The van der Waals surface area contributed by atoms with E-state index in [1.807, 2.05) is 6.92 Å². The minimum absolute atomic E-state index is 0.429. The Morgan fingerprint density at radius 3 is 2.75 bits per heavy atom. The van der Waals surface area contributed by atoms with Crippen LogP contribution in [0.1, 0.15) is 19.4 Å². The Hall–Kier alpha value is -2.33. The number of carbonyl (C=O) groups is 1. The Balaban J connectivity index is 2.22. The fourth-order valence-electron chi connectivity index (χ4n) is 2.67. The van der Waals surface area contributed by atoms with Crippen LogP contribution in [-0.4, -0.2) is 11.0 Å². The van der Waals surface area contributed by atoms with E-state index in [9.17, 15) is 9.90 Å². The molecule has 1 aliphatic rings. The largest absolute Gasteiger partial charge is 0.464 e. The summed E-state index contributed by atoms with van der Waals surface area (Å²) in [6.45, 7) is 3.63. The van der Waals surface area contributed by atoms with E-state index in [0.29, 0.717) is 16.8 Å². The number of furan rings is 1. The highest BCUT2D eigenvalue weighted by Gasteiger charge is 2.48. The third kappa shape index (κ3) is 1.55. The number of rotatable bonds is 1. The van der Waals surface area contributed by atoms with Crippen LogP contribution in [0.2, 0.25) is 0 Å². The maximum atomic E-state index is 12.2. The zero-order valence-electron chi connectivity index (χ0n) is 11.3. The van der Waals surface area contributed by atoms with Gasteiger partial charge in [0.1, 0.15) is 5.58 Å². The Labute approximate surface area is 116 Å². The van der Waals surface area contributed by atoms with Crippen LogP contribution in [0.5, 0.6) is 0 Å². The molecule has 0 bridgehead atoms. The van der Waals surface area contributed by atoms with Gasteiger partial charge in [0.2, 0.25) is 0 Å². The first-order chi connectivity index (χ1) is 9.61. The van der Waals surface area contributed by atoms with E-state index < -0.39 is 11.5 Å². The summed E-state index contributed by atoms with van der Waals surface area (Å²) in [5, 5.41) is 14.5. The Kier molecular flexibility index (Phi) is 2.76. The molecule has 4 heteroatoms. The van der Waals surface area contributed by atoms with Gasteiger partial charge in [-0.05, 0) is 37.6 Å². The van der Waals surface area contributed by atoms with Crippen LogP contribution >= 0.6 is 0 Å². The molecule has 2 aromatic rings. The predicted octanol–water partition coefficient (Wildman–Crippen LogP) is 2.60. The van der Waals surface area contributed by atoms with Crippen LogP contribution in [0.4, 0.5) is 0 Å². The number of nitrogens with one attached hydrogen (secondary N) is 1. The molecule has 4 nitrogen and oxygen atoms in total. The molecule has 1 unspecified atom stereocenters. The van der Waals surface area contributed by atoms with Crippen molar-refractivity contribution in [1.82, 2.24) is 5.32 Å². The predicted molar refractivity (Wildman–Crippen MR) is 75.8 cm³/mol. The highest BCUT2D eigenvalue weighted by atomic mass is 16.3. The fraction of sp³-hybridized carbons (Fsp3) is 0.188. The number of aliphatic hydroxyl groups is 1. The van der Waals surface area contributed by atoms with E-state index in [2.05, 4.69) is 5.32 Å². The summed E-state index contributed by atoms with van der Waals surface area (Å²) in [6, 6.07) is 7.06. The summed E-state index contributed by atoms with van der Waals surface area (Å²) in [5.74, 6) is -0.429. The minimum Gasteiger partial charge on any atom is -0.464 e. The molecule has 1 fully saturated rings. The monoisotopic (exact) mass is 269 g/mol. The molecule has 2 N–H and O–H groups in total. The number of benzene rings is 1. The summed E-state index contributed by atoms with van der Waals surface area (Å²) in [6.07, 6.45) is 5.12. The highest BCUT2D eigenvalue weighted by Crippen LogP contribution is 2.39. The molecule has 2 heterocycles. The third-order valence-electron chi connectivity index (χ3n) is 3.70.